The molecule has 2 aromatic rings. The highest BCUT2D eigenvalue weighted by Gasteiger charge is 2.09. The van der Waals surface area contributed by atoms with E-state index in [0.717, 1.165) is 6.54 Å². The van der Waals surface area contributed by atoms with Gasteiger partial charge >= 0.3 is 0 Å². The molecule has 0 unspecified atom stereocenters. The minimum Gasteiger partial charge on any atom is -0.381 e. The normalized spacial score (nSPS) is 11.2. The highest BCUT2D eigenvalue weighted by atomic mass is 14.9. The maximum atomic E-state index is 3.60. The van der Waals surface area contributed by atoms with E-state index in [-0.39, 0.29) is 0 Å². The Kier molecular flexibility index (Phi) is 5.06. The Labute approximate surface area is 129 Å². The summed E-state index contributed by atoms with van der Waals surface area (Å²) in [6.07, 6.45) is 0. The maximum Gasteiger partial charge on any atom is 0.0400 e. The van der Waals surface area contributed by atoms with Crippen molar-refractivity contribution in [1.29, 1.82) is 0 Å². The summed E-state index contributed by atoms with van der Waals surface area (Å²) in [5.74, 6) is 1.11. The Balaban J connectivity index is 2.19. The summed E-state index contributed by atoms with van der Waals surface area (Å²) < 4.78 is 0. The number of hydrogen-bond acceptors (Lipinski definition) is 1. The largest absolute Gasteiger partial charge is 0.381 e. The Morgan fingerprint density at radius 2 is 1.67 bits per heavy atom. The van der Waals surface area contributed by atoms with Crippen LogP contribution in [0.25, 0.3) is 0 Å². The van der Waals surface area contributed by atoms with Crippen LogP contribution in [0.4, 0.5) is 5.69 Å². The first-order chi connectivity index (χ1) is 9.97. The Morgan fingerprint density at radius 1 is 0.905 bits per heavy atom. The molecule has 1 heteroatoms. The lowest BCUT2D eigenvalue weighted by Crippen LogP contribution is -2.04. The van der Waals surface area contributed by atoms with Gasteiger partial charge in [-0.2, -0.15) is 0 Å². The molecule has 0 atom stereocenters. The molecule has 0 heterocycles. The smallest absolute Gasteiger partial charge is 0.0400 e. The molecule has 2 aromatic carbocycles. The molecular formula is C20H27N. The quantitative estimate of drug-likeness (QED) is 0.724. The van der Waals surface area contributed by atoms with Gasteiger partial charge in [-0.1, -0.05) is 69.7 Å². The summed E-state index contributed by atoms with van der Waals surface area (Å²) in [4.78, 5) is 0. The van der Waals surface area contributed by atoms with Crippen molar-refractivity contribution in [2.45, 2.75) is 53.0 Å². The highest BCUT2D eigenvalue weighted by Crippen LogP contribution is 2.28. The topological polar surface area (TPSA) is 12.0 Å². The Morgan fingerprint density at radius 3 is 2.29 bits per heavy atom. The summed E-state index contributed by atoms with van der Waals surface area (Å²) in [6, 6.07) is 15.5. The Bertz CT molecular complexity index is 597. The van der Waals surface area contributed by atoms with Gasteiger partial charge in [-0.3, -0.25) is 0 Å². The third kappa shape index (κ3) is 4.10. The van der Waals surface area contributed by atoms with Crippen LogP contribution in [0, 0.1) is 6.92 Å². The van der Waals surface area contributed by atoms with E-state index in [2.05, 4.69) is 82.4 Å². The number of hydrogen-bond donors (Lipinski definition) is 1. The van der Waals surface area contributed by atoms with Gasteiger partial charge in [-0.15, -0.1) is 0 Å². The van der Waals surface area contributed by atoms with Gasteiger partial charge in [0.05, 0.1) is 0 Å². The third-order valence-electron chi connectivity index (χ3n) is 3.93. The van der Waals surface area contributed by atoms with Crippen LogP contribution in [0.5, 0.6) is 0 Å². The fourth-order valence-corrected chi connectivity index (χ4v) is 2.60. The van der Waals surface area contributed by atoms with Crippen LogP contribution in [-0.2, 0) is 6.54 Å². The lowest BCUT2D eigenvalue weighted by Gasteiger charge is -2.18. The average Bonchev–Trinajstić information content (AvgIpc) is 2.44. The molecule has 0 saturated carbocycles. The second-order valence-electron chi connectivity index (χ2n) is 6.50. The van der Waals surface area contributed by atoms with Crippen LogP contribution in [0.3, 0.4) is 0 Å². The third-order valence-corrected chi connectivity index (χ3v) is 3.93. The maximum absolute atomic E-state index is 3.60. The van der Waals surface area contributed by atoms with Crippen molar-refractivity contribution in [2.24, 2.45) is 0 Å². The van der Waals surface area contributed by atoms with Crippen molar-refractivity contribution < 1.29 is 0 Å². The molecule has 0 aliphatic carbocycles. The van der Waals surface area contributed by atoms with Gasteiger partial charge in [-0.25, -0.2) is 0 Å². The van der Waals surface area contributed by atoms with Crippen LogP contribution >= 0.6 is 0 Å². The van der Waals surface area contributed by atoms with E-state index in [1.807, 2.05) is 0 Å². The number of aryl methyl sites for hydroxylation is 1. The molecule has 0 bridgehead atoms. The summed E-state index contributed by atoms with van der Waals surface area (Å²) in [5.41, 5.74) is 6.73. The van der Waals surface area contributed by atoms with E-state index >= 15 is 0 Å². The van der Waals surface area contributed by atoms with E-state index < -0.39 is 0 Å². The second kappa shape index (κ2) is 6.80. The number of nitrogens with one attached hydrogen (secondary N) is 1. The molecule has 0 aromatic heterocycles. The van der Waals surface area contributed by atoms with Crippen molar-refractivity contribution >= 4 is 5.69 Å². The van der Waals surface area contributed by atoms with Crippen LogP contribution in [0.15, 0.2) is 42.5 Å². The zero-order valence-corrected chi connectivity index (χ0v) is 13.9. The minimum atomic E-state index is 0.531. The van der Waals surface area contributed by atoms with Crippen molar-refractivity contribution in [3.8, 4) is 0 Å². The van der Waals surface area contributed by atoms with Gasteiger partial charge in [0.2, 0.25) is 0 Å². The van der Waals surface area contributed by atoms with E-state index in [4.69, 9.17) is 0 Å². The standard InChI is InChI=1S/C20H27N/c1-14(2)18-9-10-20(19(12-18)15(3)4)21-13-17-8-6-7-16(5)11-17/h6-12,14-15,21H,13H2,1-5H3. The summed E-state index contributed by atoms with van der Waals surface area (Å²) in [6.45, 7) is 12.0. The second-order valence-corrected chi connectivity index (χ2v) is 6.50. The predicted octanol–water partition coefficient (Wildman–Crippen LogP) is 5.85. The molecule has 0 aliphatic heterocycles. The van der Waals surface area contributed by atoms with Crippen LogP contribution in [-0.4, -0.2) is 0 Å². The first kappa shape index (κ1) is 15.6. The molecule has 1 N–H and O–H groups in total. The molecule has 0 radical (unpaired) electrons. The van der Waals surface area contributed by atoms with Gasteiger partial charge in [0, 0.05) is 12.2 Å². The van der Waals surface area contributed by atoms with Crippen molar-refractivity contribution in [3.63, 3.8) is 0 Å². The molecule has 0 saturated heterocycles. The van der Waals surface area contributed by atoms with Gasteiger partial charge in [0.25, 0.3) is 0 Å². The van der Waals surface area contributed by atoms with Gasteiger partial charge in [0.1, 0.15) is 0 Å². The zero-order chi connectivity index (χ0) is 15.4. The van der Waals surface area contributed by atoms with Gasteiger partial charge < -0.3 is 5.32 Å². The van der Waals surface area contributed by atoms with E-state index in [0.29, 0.717) is 11.8 Å². The molecule has 0 fully saturated rings. The number of anilines is 1. The molecule has 21 heavy (non-hydrogen) atoms. The highest BCUT2D eigenvalue weighted by molar-refractivity contribution is 5.55. The summed E-state index contributed by atoms with van der Waals surface area (Å²) in [7, 11) is 0. The molecule has 0 amide bonds. The molecule has 1 nitrogen and oxygen atoms in total. The fraction of sp³-hybridized carbons (Fsp3) is 0.400. The minimum absolute atomic E-state index is 0.531. The average molecular weight is 281 g/mol. The molecule has 112 valence electrons. The molecular weight excluding hydrogens is 254 g/mol. The van der Waals surface area contributed by atoms with Crippen molar-refractivity contribution in [1.82, 2.24) is 0 Å². The first-order valence-electron chi connectivity index (χ1n) is 7.90. The first-order valence-corrected chi connectivity index (χ1v) is 7.90. The van der Waals surface area contributed by atoms with Gasteiger partial charge in [0.15, 0.2) is 0 Å². The van der Waals surface area contributed by atoms with E-state index in [9.17, 15) is 0 Å². The fourth-order valence-electron chi connectivity index (χ4n) is 2.60. The van der Waals surface area contributed by atoms with Crippen molar-refractivity contribution in [3.05, 3.63) is 64.7 Å². The predicted molar refractivity (Wildman–Crippen MR) is 93.1 cm³/mol. The van der Waals surface area contributed by atoms with Gasteiger partial charge in [-0.05, 0) is 41.5 Å². The summed E-state index contributed by atoms with van der Waals surface area (Å²) >= 11 is 0. The zero-order valence-electron chi connectivity index (χ0n) is 13.9. The number of rotatable bonds is 5. The molecule has 0 spiro atoms. The van der Waals surface area contributed by atoms with E-state index in [1.165, 1.54) is 27.9 Å². The monoisotopic (exact) mass is 281 g/mol. The van der Waals surface area contributed by atoms with Crippen molar-refractivity contribution in [2.75, 3.05) is 5.32 Å². The summed E-state index contributed by atoms with van der Waals surface area (Å²) in [5, 5.41) is 3.60. The van der Waals surface area contributed by atoms with Crippen LogP contribution in [0.2, 0.25) is 0 Å². The SMILES string of the molecule is Cc1cccc(CNc2ccc(C(C)C)cc2C(C)C)c1. The van der Waals surface area contributed by atoms with Crippen LogP contribution in [0.1, 0.15) is 61.8 Å². The lowest BCUT2D eigenvalue weighted by atomic mass is 9.94. The molecule has 0 aliphatic rings. The number of benzene rings is 2. The van der Waals surface area contributed by atoms with Crippen LogP contribution < -0.4 is 5.32 Å². The van der Waals surface area contributed by atoms with E-state index in [1.54, 1.807) is 0 Å². The lowest BCUT2D eigenvalue weighted by molar-refractivity contribution is 0.833. The Hall–Kier alpha value is -1.76. The molecule has 2 rings (SSSR count).